The highest BCUT2D eigenvalue weighted by Gasteiger charge is 2.32. The second-order valence-corrected chi connectivity index (χ2v) is 4.26. The number of hydrogen-bond acceptors (Lipinski definition) is 4. The number of carbonyl (C=O) groups excluding carboxylic acids is 1. The van der Waals surface area contributed by atoms with Crippen molar-refractivity contribution in [3.8, 4) is 0 Å². The molecule has 0 saturated carbocycles. The fraction of sp³-hybridized carbons (Fsp3) is 0.462. The molecule has 5 nitrogen and oxygen atoms in total. The van der Waals surface area contributed by atoms with Crippen LogP contribution in [-0.2, 0) is 16.1 Å². The van der Waals surface area contributed by atoms with Gasteiger partial charge < -0.3 is 20.5 Å². The van der Waals surface area contributed by atoms with Crippen molar-refractivity contribution in [1.29, 1.82) is 0 Å². The lowest BCUT2D eigenvalue weighted by molar-refractivity contribution is 0.0974. The van der Waals surface area contributed by atoms with Crippen LogP contribution in [0.5, 0.6) is 0 Å². The highest BCUT2D eigenvalue weighted by atomic mass is 16.6. The number of alkyl carbamates (subject to hydrolysis) is 1. The summed E-state index contributed by atoms with van der Waals surface area (Å²) in [4.78, 5) is 11.0. The first kappa shape index (κ1) is 12.9. The summed E-state index contributed by atoms with van der Waals surface area (Å²) in [5.41, 5.74) is 6.66. The zero-order valence-electron chi connectivity index (χ0n) is 10.2. The summed E-state index contributed by atoms with van der Waals surface area (Å²) in [6.07, 6.45) is 0.0804. The Bertz CT molecular complexity index is 383. The minimum Gasteiger partial charge on any atom is -0.443 e. The number of cyclic esters (lactones) is 1. The van der Waals surface area contributed by atoms with Crippen LogP contribution in [0.15, 0.2) is 30.3 Å². The van der Waals surface area contributed by atoms with E-state index in [9.17, 15) is 4.79 Å². The van der Waals surface area contributed by atoms with Gasteiger partial charge in [-0.1, -0.05) is 30.3 Å². The lowest BCUT2D eigenvalue weighted by Gasteiger charge is -2.14. The zero-order chi connectivity index (χ0) is 12.8. The number of ether oxygens (including phenoxy) is 2. The number of amides is 1. The molecule has 0 spiro atoms. The molecular weight excluding hydrogens is 232 g/mol. The van der Waals surface area contributed by atoms with Gasteiger partial charge >= 0.3 is 6.09 Å². The Morgan fingerprint density at radius 2 is 2.11 bits per heavy atom. The standard InChI is InChI=1S/C13H18N2O3/c14-8-12-11(15-13(16)18-12)6-7-17-9-10-4-2-1-3-5-10/h1-5,11-12H,6-9,14H2,(H,15,16)/t11-,12-/m1/s1. The van der Waals surface area contributed by atoms with Crippen LogP contribution in [0.2, 0.25) is 0 Å². The Hall–Kier alpha value is -1.59. The molecule has 2 atom stereocenters. The van der Waals surface area contributed by atoms with Gasteiger partial charge in [-0.2, -0.15) is 0 Å². The van der Waals surface area contributed by atoms with E-state index in [0.717, 1.165) is 5.56 Å². The van der Waals surface area contributed by atoms with Gasteiger partial charge in [-0.05, 0) is 12.0 Å². The second kappa shape index (κ2) is 6.37. The van der Waals surface area contributed by atoms with Gasteiger partial charge in [0.2, 0.25) is 0 Å². The average Bonchev–Trinajstić information content (AvgIpc) is 2.76. The summed E-state index contributed by atoms with van der Waals surface area (Å²) in [5, 5.41) is 2.73. The predicted molar refractivity (Wildman–Crippen MR) is 67.0 cm³/mol. The van der Waals surface area contributed by atoms with Gasteiger partial charge in [-0.25, -0.2) is 4.79 Å². The summed E-state index contributed by atoms with van der Waals surface area (Å²) in [5.74, 6) is 0. The Morgan fingerprint density at radius 1 is 1.33 bits per heavy atom. The van der Waals surface area contributed by atoms with Gasteiger partial charge in [0.15, 0.2) is 0 Å². The highest BCUT2D eigenvalue weighted by Crippen LogP contribution is 2.11. The Labute approximate surface area is 106 Å². The molecule has 18 heavy (non-hydrogen) atoms. The van der Waals surface area contributed by atoms with Crippen LogP contribution in [-0.4, -0.2) is 31.4 Å². The monoisotopic (exact) mass is 250 g/mol. The number of benzene rings is 1. The smallest absolute Gasteiger partial charge is 0.407 e. The summed E-state index contributed by atoms with van der Waals surface area (Å²) < 4.78 is 10.6. The van der Waals surface area contributed by atoms with Crippen molar-refractivity contribution < 1.29 is 14.3 Å². The molecule has 2 rings (SSSR count). The minimum atomic E-state index is -0.390. The summed E-state index contributed by atoms with van der Waals surface area (Å²) >= 11 is 0. The maximum atomic E-state index is 11.0. The minimum absolute atomic E-state index is 0.0433. The largest absolute Gasteiger partial charge is 0.443 e. The number of hydrogen-bond donors (Lipinski definition) is 2. The molecule has 1 aliphatic rings. The van der Waals surface area contributed by atoms with Gasteiger partial charge in [0.05, 0.1) is 12.6 Å². The van der Waals surface area contributed by atoms with Gasteiger partial charge in [-0.3, -0.25) is 0 Å². The van der Waals surface area contributed by atoms with Crippen LogP contribution in [0.1, 0.15) is 12.0 Å². The van der Waals surface area contributed by atoms with Gasteiger partial charge in [0.25, 0.3) is 0 Å². The molecule has 0 radical (unpaired) electrons. The normalized spacial score (nSPS) is 22.6. The van der Waals surface area contributed by atoms with Crippen molar-refractivity contribution in [2.24, 2.45) is 5.73 Å². The van der Waals surface area contributed by atoms with Gasteiger partial charge in [0.1, 0.15) is 6.10 Å². The van der Waals surface area contributed by atoms with E-state index in [4.69, 9.17) is 15.2 Å². The fourth-order valence-electron chi connectivity index (χ4n) is 1.94. The van der Waals surface area contributed by atoms with Crippen LogP contribution in [0.3, 0.4) is 0 Å². The molecule has 1 saturated heterocycles. The lowest BCUT2D eigenvalue weighted by atomic mass is 10.1. The number of nitrogens with two attached hydrogens (primary N) is 1. The van der Waals surface area contributed by atoms with Gasteiger partial charge in [-0.15, -0.1) is 0 Å². The third kappa shape index (κ3) is 3.45. The topological polar surface area (TPSA) is 73.6 Å². The second-order valence-electron chi connectivity index (χ2n) is 4.26. The highest BCUT2D eigenvalue weighted by molar-refractivity contribution is 5.70. The summed E-state index contributed by atoms with van der Waals surface area (Å²) in [7, 11) is 0. The molecule has 0 unspecified atom stereocenters. The van der Waals surface area contributed by atoms with Crippen LogP contribution in [0.4, 0.5) is 4.79 Å². The van der Waals surface area contributed by atoms with E-state index in [-0.39, 0.29) is 12.1 Å². The van der Waals surface area contributed by atoms with Crippen LogP contribution < -0.4 is 11.1 Å². The molecule has 1 aliphatic heterocycles. The SMILES string of the molecule is NC[C@H]1OC(=O)N[C@@H]1CCOCc1ccccc1. The maximum absolute atomic E-state index is 11.0. The van der Waals surface area contributed by atoms with Crippen molar-refractivity contribution >= 4 is 6.09 Å². The van der Waals surface area contributed by atoms with E-state index in [1.54, 1.807) is 0 Å². The Morgan fingerprint density at radius 3 is 2.83 bits per heavy atom. The summed E-state index contributed by atoms with van der Waals surface area (Å²) in [6, 6.07) is 9.92. The van der Waals surface area contributed by atoms with Crippen molar-refractivity contribution in [1.82, 2.24) is 5.32 Å². The van der Waals surface area contributed by atoms with Crippen molar-refractivity contribution in [3.05, 3.63) is 35.9 Å². The van der Waals surface area contributed by atoms with Crippen molar-refractivity contribution in [2.45, 2.75) is 25.2 Å². The molecule has 98 valence electrons. The van der Waals surface area contributed by atoms with Gasteiger partial charge in [0, 0.05) is 13.2 Å². The van der Waals surface area contributed by atoms with E-state index < -0.39 is 6.09 Å². The molecule has 1 fully saturated rings. The molecule has 1 aromatic carbocycles. The predicted octanol–water partition coefficient (Wildman–Crippen LogP) is 1.03. The molecule has 1 amide bonds. The third-order valence-electron chi connectivity index (χ3n) is 2.93. The van der Waals surface area contributed by atoms with E-state index in [0.29, 0.717) is 26.2 Å². The number of carbonyl (C=O) groups is 1. The molecule has 1 heterocycles. The van der Waals surface area contributed by atoms with Crippen molar-refractivity contribution in [2.75, 3.05) is 13.2 Å². The van der Waals surface area contributed by atoms with Crippen molar-refractivity contribution in [3.63, 3.8) is 0 Å². The zero-order valence-corrected chi connectivity index (χ0v) is 10.2. The lowest BCUT2D eigenvalue weighted by Crippen LogP contribution is -2.36. The molecule has 3 N–H and O–H groups in total. The molecule has 0 bridgehead atoms. The average molecular weight is 250 g/mol. The van der Waals surface area contributed by atoms with E-state index in [2.05, 4.69) is 5.32 Å². The maximum Gasteiger partial charge on any atom is 0.407 e. The van der Waals surface area contributed by atoms with E-state index in [1.165, 1.54) is 0 Å². The first-order valence-corrected chi connectivity index (χ1v) is 6.08. The molecule has 5 heteroatoms. The molecule has 0 aromatic heterocycles. The first-order valence-electron chi connectivity index (χ1n) is 6.08. The third-order valence-corrected chi connectivity index (χ3v) is 2.93. The molecule has 0 aliphatic carbocycles. The van der Waals surface area contributed by atoms with Crippen LogP contribution in [0, 0.1) is 0 Å². The fourth-order valence-corrected chi connectivity index (χ4v) is 1.94. The Kier molecular flexibility index (Phi) is 4.55. The first-order chi connectivity index (χ1) is 8.79. The van der Waals surface area contributed by atoms with Crippen LogP contribution >= 0.6 is 0 Å². The van der Waals surface area contributed by atoms with E-state index >= 15 is 0 Å². The Balaban J connectivity index is 1.68. The van der Waals surface area contributed by atoms with Crippen LogP contribution in [0.25, 0.3) is 0 Å². The number of rotatable bonds is 6. The quantitative estimate of drug-likeness (QED) is 0.739. The molecule has 1 aromatic rings. The summed E-state index contributed by atoms with van der Waals surface area (Å²) in [6.45, 7) is 1.48. The number of nitrogens with one attached hydrogen (secondary N) is 1. The van der Waals surface area contributed by atoms with E-state index in [1.807, 2.05) is 30.3 Å². The molecular formula is C13H18N2O3.